The Hall–Kier alpha value is -3.15. The normalized spacial score (nSPS) is 11.7. The molecule has 142 valence electrons. The van der Waals surface area contributed by atoms with Gasteiger partial charge in [-0.1, -0.05) is 32.0 Å². The van der Waals surface area contributed by atoms with E-state index in [1.165, 1.54) is 0 Å². The number of hydrogen-bond acceptors (Lipinski definition) is 3. The fourth-order valence-corrected chi connectivity index (χ4v) is 2.66. The van der Waals surface area contributed by atoms with E-state index in [4.69, 9.17) is 0 Å². The monoisotopic (exact) mass is 368 g/mol. The molecule has 0 aromatic heterocycles. The molecule has 0 aliphatic carbocycles. The Kier molecular flexibility index (Phi) is 7.11. The summed E-state index contributed by atoms with van der Waals surface area (Å²) in [7, 11) is 0. The summed E-state index contributed by atoms with van der Waals surface area (Å²) in [6, 6.07) is 15.3. The number of carbonyl (C=O) groups excluding carboxylic acids is 2. The number of anilines is 1. The van der Waals surface area contributed by atoms with Crippen molar-refractivity contribution in [1.29, 1.82) is 0 Å². The van der Waals surface area contributed by atoms with Crippen molar-refractivity contribution in [3.8, 4) is 0 Å². The molecule has 0 fully saturated rings. The van der Waals surface area contributed by atoms with E-state index in [-0.39, 0.29) is 24.3 Å². The summed E-state index contributed by atoms with van der Waals surface area (Å²) < 4.78 is 0. The lowest BCUT2D eigenvalue weighted by atomic mass is 9.97. The van der Waals surface area contributed by atoms with Gasteiger partial charge in [-0.05, 0) is 48.7 Å². The van der Waals surface area contributed by atoms with Crippen LogP contribution in [0.3, 0.4) is 0 Å². The van der Waals surface area contributed by atoms with Crippen LogP contribution in [0, 0.1) is 11.8 Å². The zero-order valence-corrected chi connectivity index (χ0v) is 15.4. The zero-order chi connectivity index (χ0) is 19.8. The van der Waals surface area contributed by atoms with Gasteiger partial charge in [0.15, 0.2) is 0 Å². The Bertz CT molecular complexity index is 786. The molecule has 0 heterocycles. The minimum atomic E-state index is -0.920. The lowest BCUT2D eigenvalue weighted by Crippen LogP contribution is -2.33. The number of carboxylic acid groups (broad SMARTS) is 1. The molecule has 0 aliphatic rings. The van der Waals surface area contributed by atoms with Crippen molar-refractivity contribution in [3.63, 3.8) is 0 Å². The molecule has 2 amide bonds. The predicted molar refractivity (Wildman–Crippen MR) is 104 cm³/mol. The second-order valence-electron chi connectivity index (χ2n) is 6.77. The third kappa shape index (κ3) is 6.26. The van der Waals surface area contributed by atoms with E-state index in [9.17, 15) is 19.5 Å². The highest BCUT2D eigenvalue weighted by molar-refractivity contribution is 6.05. The van der Waals surface area contributed by atoms with Crippen LogP contribution in [-0.4, -0.2) is 29.4 Å². The number of carbonyl (C=O) groups is 3. The van der Waals surface area contributed by atoms with Crippen LogP contribution in [0.15, 0.2) is 54.6 Å². The van der Waals surface area contributed by atoms with Crippen molar-refractivity contribution in [1.82, 2.24) is 5.32 Å². The third-order valence-corrected chi connectivity index (χ3v) is 4.06. The van der Waals surface area contributed by atoms with E-state index < -0.39 is 11.9 Å². The Morgan fingerprint density at radius 1 is 0.889 bits per heavy atom. The summed E-state index contributed by atoms with van der Waals surface area (Å²) in [6.07, 6.45) is 0.494. The van der Waals surface area contributed by atoms with Crippen LogP contribution in [0.2, 0.25) is 0 Å². The van der Waals surface area contributed by atoms with Crippen molar-refractivity contribution in [3.05, 3.63) is 65.7 Å². The average molecular weight is 368 g/mol. The first-order valence-corrected chi connectivity index (χ1v) is 8.84. The number of amides is 2. The fourth-order valence-electron chi connectivity index (χ4n) is 2.66. The van der Waals surface area contributed by atoms with Gasteiger partial charge in [0.1, 0.15) is 0 Å². The lowest BCUT2D eigenvalue weighted by molar-refractivity contribution is -0.142. The number of rotatable bonds is 8. The van der Waals surface area contributed by atoms with Gasteiger partial charge < -0.3 is 15.7 Å². The highest BCUT2D eigenvalue weighted by atomic mass is 16.4. The van der Waals surface area contributed by atoms with Crippen molar-refractivity contribution >= 4 is 23.5 Å². The standard InChI is InChI=1S/C21H24N2O4/c1-14(2)12-17(21(26)27)13-22-19(24)15-8-10-16(11-9-15)20(25)23-18-6-4-3-5-7-18/h3-11,14,17H,12-13H2,1-2H3,(H,22,24)(H,23,25)(H,26,27). The van der Waals surface area contributed by atoms with Gasteiger partial charge in [-0.2, -0.15) is 0 Å². The average Bonchev–Trinajstić information content (AvgIpc) is 2.65. The van der Waals surface area contributed by atoms with Gasteiger partial charge in [-0.25, -0.2) is 0 Å². The number of hydrogen-bond donors (Lipinski definition) is 3. The molecule has 1 unspecified atom stereocenters. The van der Waals surface area contributed by atoms with Crippen LogP contribution in [0.4, 0.5) is 5.69 Å². The SMILES string of the molecule is CC(C)CC(CNC(=O)c1ccc(C(=O)Nc2ccccc2)cc1)C(=O)O. The van der Waals surface area contributed by atoms with Crippen LogP contribution >= 0.6 is 0 Å². The van der Waals surface area contributed by atoms with E-state index in [0.29, 0.717) is 23.2 Å². The van der Waals surface area contributed by atoms with Crippen molar-refractivity contribution in [2.45, 2.75) is 20.3 Å². The summed E-state index contributed by atoms with van der Waals surface area (Å²) in [6.45, 7) is 3.95. The van der Waals surface area contributed by atoms with Gasteiger partial charge in [0, 0.05) is 23.4 Å². The molecule has 0 bridgehead atoms. The third-order valence-electron chi connectivity index (χ3n) is 4.06. The van der Waals surface area contributed by atoms with Gasteiger partial charge >= 0.3 is 5.97 Å². The molecule has 1 atom stereocenters. The van der Waals surface area contributed by atoms with Crippen LogP contribution in [0.25, 0.3) is 0 Å². The summed E-state index contributed by atoms with van der Waals surface area (Å²) in [4.78, 5) is 35.7. The highest BCUT2D eigenvalue weighted by Gasteiger charge is 2.20. The molecular formula is C21H24N2O4. The maximum absolute atomic E-state index is 12.2. The maximum atomic E-state index is 12.2. The topological polar surface area (TPSA) is 95.5 Å². The molecule has 0 saturated heterocycles. The maximum Gasteiger partial charge on any atom is 0.308 e. The van der Waals surface area contributed by atoms with Gasteiger partial charge in [-0.3, -0.25) is 14.4 Å². The minimum absolute atomic E-state index is 0.0720. The Morgan fingerprint density at radius 3 is 1.96 bits per heavy atom. The molecule has 0 spiro atoms. The molecule has 0 aliphatic heterocycles. The van der Waals surface area contributed by atoms with E-state index in [1.54, 1.807) is 36.4 Å². The molecule has 3 N–H and O–H groups in total. The van der Waals surface area contributed by atoms with Crippen LogP contribution in [-0.2, 0) is 4.79 Å². The van der Waals surface area contributed by atoms with Crippen molar-refractivity contribution in [2.24, 2.45) is 11.8 Å². The van der Waals surface area contributed by atoms with Crippen LogP contribution < -0.4 is 10.6 Å². The second-order valence-corrected chi connectivity index (χ2v) is 6.77. The molecule has 6 nitrogen and oxygen atoms in total. The molecule has 2 rings (SSSR count). The smallest absolute Gasteiger partial charge is 0.308 e. The predicted octanol–water partition coefficient (Wildman–Crippen LogP) is 3.42. The van der Waals surface area contributed by atoms with Crippen LogP contribution in [0.1, 0.15) is 41.0 Å². The summed E-state index contributed by atoms with van der Waals surface area (Å²) in [5.74, 6) is -1.94. The lowest BCUT2D eigenvalue weighted by Gasteiger charge is -2.15. The molecule has 27 heavy (non-hydrogen) atoms. The molecule has 0 radical (unpaired) electrons. The fraction of sp³-hybridized carbons (Fsp3) is 0.286. The van der Waals surface area contributed by atoms with Gasteiger partial charge in [0.25, 0.3) is 11.8 Å². The molecular weight excluding hydrogens is 344 g/mol. The number of benzene rings is 2. The first kappa shape index (κ1) is 20.2. The summed E-state index contributed by atoms with van der Waals surface area (Å²) in [5.41, 5.74) is 1.49. The number of aliphatic carboxylic acids is 1. The Labute approximate surface area is 158 Å². The number of carboxylic acids is 1. The largest absolute Gasteiger partial charge is 0.481 e. The summed E-state index contributed by atoms with van der Waals surface area (Å²) in [5, 5.41) is 14.7. The Morgan fingerprint density at radius 2 is 1.44 bits per heavy atom. The first-order chi connectivity index (χ1) is 12.9. The molecule has 6 heteroatoms. The summed E-state index contributed by atoms with van der Waals surface area (Å²) >= 11 is 0. The molecule has 2 aromatic rings. The van der Waals surface area contributed by atoms with E-state index in [0.717, 1.165) is 0 Å². The van der Waals surface area contributed by atoms with Crippen molar-refractivity contribution in [2.75, 3.05) is 11.9 Å². The number of para-hydroxylation sites is 1. The van der Waals surface area contributed by atoms with Crippen molar-refractivity contribution < 1.29 is 19.5 Å². The van der Waals surface area contributed by atoms with Gasteiger partial charge in [0.2, 0.25) is 0 Å². The highest BCUT2D eigenvalue weighted by Crippen LogP contribution is 2.12. The second kappa shape index (κ2) is 9.52. The quantitative estimate of drug-likeness (QED) is 0.665. The molecule has 2 aromatic carbocycles. The van der Waals surface area contributed by atoms with Gasteiger partial charge in [0.05, 0.1) is 5.92 Å². The van der Waals surface area contributed by atoms with E-state index in [2.05, 4.69) is 10.6 Å². The van der Waals surface area contributed by atoms with Gasteiger partial charge in [-0.15, -0.1) is 0 Å². The van der Waals surface area contributed by atoms with Crippen LogP contribution in [0.5, 0.6) is 0 Å². The number of nitrogens with one attached hydrogen (secondary N) is 2. The van der Waals surface area contributed by atoms with E-state index in [1.807, 2.05) is 32.0 Å². The minimum Gasteiger partial charge on any atom is -0.481 e. The Balaban J connectivity index is 1.94. The molecule has 0 saturated carbocycles. The van der Waals surface area contributed by atoms with E-state index >= 15 is 0 Å². The zero-order valence-electron chi connectivity index (χ0n) is 15.4. The first-order valence-electron chi connectivity index (χ1n) is 8.84.